The molecule has 24 heavy (non-hydrogen) atoms. The maximum atomic E-state index is 13.5. The van der Waals surface area contributed by atoms with Crippen LogP contribution in [0, 0.1) is 12.7 Å². The number of nitrogens with one attached hydrogen (secondary N) is 1. The Morgan fingerprint density at radius 3 is 2.71 bits per heavy atom. The Morgan fingerprint density at radius 1 is 1.25 bits per heavy atom. The van der Waals surface area contributed by atoms with Crippen molar-refractivity contribution in [3.63, 3.8) is 0 Å². The number of halogens is 1. The highest BCUT2D eigenvalue weighted by Crippen LogP contribution is 2.17. The Bertz CT molecular complexity index is 833. The summed E-state index contributed by atoms with van der Waals surface area (Å²) >= 11 is 1.51. The highest BCUT2D eigenvalue weighted by molar-refractivity contribution is 7.07. The molecule has 1 heterocycles. The summed E-state index contributed by atoms with van der Waals surface area (Å²) in [5, 5.41) is 4.59. The van der Waals surface area contributed by atoms with Crippen LogP contribution in [-0.4, -0.2) is 10.9 Å². The Balaban J connectivity index is 1.61. The number of anilines is 1. The molecule has 0 spiro atoms. The molecule has 0 saturated heterocycles. The van der Waals surface area contributed by atoms with Crippen LogP contribution in [0.2, 0.25) is 0 Å². The first-order chi connectivity index (χ1) is 11.6. The molecule has 1 aromatic heterocycles. The van der Waals surface area contributed by atoms with Gasteiger partial charge in [-0.1, -0.05) is 6.07 Å². The molecule has 1 amide bonds. The van der Waals surface area contributed by atoms with Crippen molar-refractivity contribution in [1.29, 1.82) is 0 Å². The number of rotatable bonds is 5. The summed E-state index contributed by atoms with van der Waals surface area (Å²) in [6.45, 7) is 2.06. The molecule has 2 aromatic carbocycles. The molecule has 0 aliphatic heterocycles. The van der Waals surface area contributed by atoms with Crippen LogP contribution in [0.5, 0.6) is 5.75 Å². The van der Waals surface area contributed by atoms with Crippen molar-refractivity contribution in [3.8, 4) is 5.75 Å². The van der Waals surface area contributed by atoms with E-state index in [4.69, 9.17) is 4.74 Å². The van der Waals surface area contributed by atoms with E-state index in [0.717, 1.165) is 5.69 Å². The van der Waals surface area contributed by atoms with E-state index in [1.54, 1.807) is 48.8 Å². The van der Waals surface area contributed by atoms with Crippen LogP contribution in [0.4, 0.5) is 10.1 Å². The topological polar surface area (TPSA) is 51.2 Å². The molecular formula is C18H15FN2O2S. The van der Waals surface area contributed by atoms with Gasteiger partial charge < -0.3 is 10.1 Å². The molecule has 3 aromatic rings. The van der Waals surface area contributed by atoms with E-state index in [1.165, 1.54) is 17.4 Å². The zero-order valence-corrected chi connectivity index (χ0v) is 13.8. The summed E-state index contributed by atoms with van der Waals surface area (Å²) in [6, 6.07) is 11.4. The summed E-state index contributed by atoms with van der Waals surface area (Å²) in [7, 11) is 0. The van der Waals surface area contributed by atoms with Crippen molar-refractivity contribution in [2.45, 2.75) is 13.5 Å². The lowest BCUT2D eigenvalue weighted by molar-refractivity contribution is 0.102. The van der Waals surface area contributed by atoms with Gasteiger partial charge in [0.2, 0.25) is 0 Å². The number of aromatic nitrogens is 1. The molecule has 0 aliphatic carbocycles. The van der Waals surface area contributed by atoms with Gasteiger partial charge >= 0.3 is 0 Å². The first kappa shape index (κ1) is 16.1. The molecule has 0 atom stereocenters. The molecule has 0 aliphatic rings. The summed E-state index contributed by atoms with van der Waals surface area (Å²) in [6.07, 6.45) is 0. The van der Waals surface area contributed by atoms with Crippen LogP contribution in [0.25, 0.3) is 0 Å². The second-order valence-corrected chi connectivity index (χ2v) is 5.93. The van der Waals surface area contributed by atoms with E-state index in [-0.39, 0.29) is 11.7 Å². The number of amides is 1. The van der Waals surface area contributed by atoms with E-state index in [9.17, 15) is 9.18 Å². The fraction of sp³-hybridized carbons (Fsp3) is 0.111. The SMILES string of the molecule is Cc1ccc(NC(=O)c2ccc(OCc3cscn3)cc2)cc1F. The summed E-state index contributed by atoms with van der Waals surface area (Å²) in [4.78, 5) is 16.3. The van der Waals surface area contributed by atoms with Crippen LogP contribution >= 0.6 is 11.3 Å². The number of carbonyl (C=O) groups is 1. The Kier molecular flexibility index (Phi) is 4.86. The smallest absolute Gasteiger partial charge is 0.255 e. The molecule has 1 N–H and O–H groups in total. The minimum atomic E-state index is -0.349. The monoisotopic (exact) mass is 342 g/mol. The first-order valence-electron chi connectivity index (χ1n) is 7.29. The van der Waals surface area contributed by atoms with Gasteiger partial charge in [-0.3, -0.25) is 4.79 Å². The highest BCUT2D eigenvalue weighted by atomic mass is 32.1. The van der Waals surface area contributed by atoms with Gasteiger partial charge in [0.25, 0.3) is 5.91 Å². The lowest BCUT2D eigenvalue weighted by Gasteiger charge is -2.08. The van der Waals surface area contributed by atoms with Crippen LogP contribution in [-0.2, 0) is 6.61 Å². The van der Waals surface area contributed by atoms with Crippen molar-refractivity contribution >= 4 is 22.9 Å². The van der Waals surface area contributed by atoms with E-state index in [0.29, 0.717) is 29.2 Å². The van der Waals surface area contributed by atoms with Crippen molar-refractivity contribution in [1.82, 2.24) is 4.98 Å². The molecule has 4 nitrogen and oxygen atoms in total. The molecule has 3 rings (SSSR count). The van der Waals surface area contributed by atoms with Gasteiger partial charge in [-0.2, -0.15) is 0 Å². The largest absolute Gasteiger partial charge is 0.487 e. The number of aryl methyl sites for hydroxylation is 1. The predicted octanol–water partition coefficient (Wildman–Crippen LogP) is 4.42. The lowest BCUT2D eigenvalue weighted by Crippen LogP contribution is -2.12. The Hall–Kier alpha value is -2.73. The molecular weight excluding hydrogens is 327 g/mol. The number of ether oxygens (including phenoxy) is 1. The third-order valence-corrected chi connectivity index (χ3v) is 4.05. The summed E-state index contributed by atoms with van der Waals surface area (Å²) < 4.78 is 19.1. The molecule has 0 bridgehead atoms. The Morgan fingerprint density at radius 2 is 2.04 bits per heavy atom. The minimum Gasteiger partial charge on any atom is -0.487 e. The number of hydrogen-bond donors (Lipinski definition) is 1. The molecule has 0 saturated carbocycles. The first-order valence-corrected chi connectivity index (χ1v) is 8.23. The molecule has 0 radical (unpaired) electrons. The van der Waals surface area contributed by atoms with Crippen molar-refractivity contribution in [2.24, 2.45) is 0 Å². The number of nitrogens with zero attached hydrogens (tertiary/aromatic N) is 1. The zero-order chi connectivity index (χ0) is 16.9. The number of carbonyl (C=O) groups excluding carboxylic acids is 1. The predicted molar refractivity (Wildman–Crippen MR) is 92.0 cm³/mol. The van der Waals surface area contributed by atoms with Crippen LogP contribution < -0.4 is 10.1 Å². The van der Waals surface area contributed by atoms with Crippen molar-refractivity contribution in [3.05, 3.63) is 76.0 Å². The molecule has 122 valence electrons. The van der Waals surface area contributed by atoms with Gasteiger partial charge in [0, 0.05) is 16.6 Å². The molecule has 0 fully saturated rings. The Labute approximate surface area is 142 Å². The quantitative estimate of drug-likeness (QED) is 0.747. The van der Waals surface area contributed by atoms with Gasteiger partial charge in [-0.05, 0) is 48.9 Å². The number of thiazole rings is 1. The maximum absolute atomic E-state index is 13.5. The highest BCUT2D eigenvalue weighted by Gasteiger charge is 2.08. The zero-order valence-electron chi connectivity index (χ0n) is 13.0. The van der Waals surface area contributed by atoms with E-state index in [2.05, 4.69) is 10.3 Å². The third-order valence-electron chi connectivity index (χ3n) is 3.42. The second-order valence-electron chi connectivity index (χ2n) is 5.21. The van der Waals surface area contributed by atoms with Gasteiger partial charge in [0.05, 0.1) is 11.2 Å². The second kappa shape index (κ2) is 7.23. The fourth-order valence-corrected chi connectivity index (χ4v) is 2.59. The fourth-order valence-electron chi connectivity index (χ4n) is 2.04. The van der Waals surface area contributed by atoms with E-state index in [1.807, 2.05) is 5.38 Å². The molecule has 6 heteroatoms. The maximum Gasteiger partial charge on any atom is 0.255 e. The van der Waals surface area contributed by atoms with Crippen LogP contribution in [0.15, 0.2) is 53.4 Å². The summed E-state index contributed by atoms with van der Waals surface area (Å²) in [5.41, 5.74) is 4.04. The van der Waals surface area contributed by atoms with E-state index < -0.39 is 0 Å². The van der Waals surface area contributed by atoms with Gasteiger partial charge in [0.1, 0.15) is 18.2 Å². The molecule has 0 unspecified atom stereocenters. The summed E-state index contributed by atoms with van der Waals surface area (Å²) in [5.74, 6) is 0.00354. The van der Waals surface area contributed by atoms with Crippen LogP contribution in [0.1, 0.15) is 21.6 Å². The number of benzene rings is 2. The van der Waals surface area contributed by atoms with Crippen LogP contribution in [0.3, 0.4) is 0 Å². The van der Waals surface area contributed by atoms with Crippen molar-refractivity contribution < 1.29 is 13.9 Å². The van der Waals surface area contributed by atoms with E-state index >= 15 is 0 Å². The van der Waals surface area contributed by atoms with Gasteiger partial charge in [-0.25, -0.2) is 9.37 Å². The van der Waals surface area contributed by atoms with Gasteiger partial charge in [-0.15, -0.1) is 11.3 Å². The lowest BCUT2D eigenvalue weighted by atomic mass is 10.2. The third kappa shape index (κ3) is 3.97. The average molecular weight is 342 g/mol. The number of hydrogen-bond acceptors (Lipinski definition) is 4. The standard InChI is InChI=1S/C18H15FN2O2S/c1-12-2-5-14(8-17(12)19)21-18(22)13-3-6-16(7-4-13)23-9-15-10-24-11-20-15/h2-8,10-11H,9H2,1H3,(H,21,22). The average Bonchev–Trinajstić information content (AvgIpc) is 3.10. The normalized spacial score (nSPS) is 10.4. The van der Waals surface area contributed by atoms with Gasteiger partial charge in [0.15, 0.2) is 0 Å². The van der Waals surface area contributed by atoms with Crippen molar-refractivity contribution in [2.75, 3.05) is 5.32 Å². The minimum absolute atomic E-state index is 0.302.